The van der Waals surface area contributed by atoms with Crippen LogP contribution in [0.2, 0.25) is 0 Å². The predicted octanol–water partition coefficient (Wildman–Crippen LogP) is -0.245. The van der Waals surface area contributed by atoms with Crippen molar-refractivity contribution in [3.63, 3.8) is 0 Å². The Kier molecular flexibility index (Phi) is 5.67. The smallest absolute Gasteiger partial charge is 0.238 e. The Morgan fingerprint density at radius 2 is 1.62 bits per heavy atom. The maximum absolute atomic E-state index is 12.6. The van der Waals surface area contributed by atoms with Crippen molar-refractivity contribution in [3.8, 4) is 34.3 Å². The van der Waals surface area contributed by atoms with Crippen molar-refractivity contribution >= 4 is 11.0 Å². The van der Waals surface area contributed by atoms with Gasteiger partial charge in [-0.1, -0.05) is 0 Å². The fourth-order valence-electron chi connectivity index (χ4n) is 3.44. The second kappa shape index (κ2) is 8.30. The Labute approximate surface area is 179 Å². The Morgan fingerprint density at radius 1 is 0.938 bits per heavy atom. The van der Waals surface area contributed by atoms with Gasteiger partial charge in [0.15, 0.2) is 5.76 Å². The van der Waals surface area contributed by atoms with E-state index in [1.165, 1.54) is 30.3 Å². The first-order chi connectivity index (χ1) is 15.2. The molecule has 1 aliphatic rings. The van der Waals surface area contributed by atoms with Crippen molar-refractivity contribution in [2.75, 3.05) is 6.61 Å². The van der Waals surface area contributed by atoms with Crippen molar-refractivity contribution in [2.24, 2.45) is 0 Å². The summed E-state index contributed by atoms with van der Waals surface area (Å²) in [5, 5.41) is 68.9. The fourth-order valence-corrected chi connectivity index (χ4v) is 3.44. The molecule has 0 aliphatic carbocycles. The van der Waals surface area contributed by atoms with Crippen LogP contribution in [0.3, 0.4) is 0 Å². The third-order valence-corrected chi connectivity index (χ3v) is 5.15. The summed E-state index contributed by atoms with van der Waals surface area (Å²) in [5.74, 6) is -1.73. The minimum absolute atomic E-state index is 0.0377. The van der Waals surface area contributed by atoms with E-state index >= 15 is 0 Å². The lowest BCUT2D eigenvalue weighted by Gasteiger charge is -2.39. The van der Waals surface area contributed by atoms with E-state index in [1.54, 1.807) is 0 Å². The topological polar surface area (TPSA) is 190 Å². The lowest BCUT2D eigenvalue weighted by Crippen LogP contribution is -2.60. The van der Waals surface area contributed by atoms with Crippen molar-refractivity contribution in [1.29, 1.82) is 0 Å². The molecule has 0 radical (unpaired) electrons. The number of phenolic OH excluding ortho intramolecular Hbond substituents is 2. The van der Waals surface area contributed by atoms with Crippen LogP contribution in [-0.4, -0.2) is 73.1 Å². The molecule has 0 spiro atoms. The molecule has 1 aliphatic heterocycles. The molecule has 32 heavy (non-hydrogen) atoms. The van der Waals surface area contributed by atoms with Gasteiger partial charge in [0, 0.05) is 17.7 Å². The Balaban J connectivity index is 1.75. The van der Waals surface area contributed by atoms with E-state index < -0.39 is 54.2 Å². The Hall–Kier alpha value is -3.35. The Morgan fingerprint density at radius 3 is 2.28 bits per heavy atom. The highest BCUT2D eigenvalue weighted by Gasteiger charge is 2.44. The average molecular weight is 448 g/mol. The molecular formula is C21H20O11. The first-order valence-electron chi connectivity index (χ1n) is 9.50. The van der Waals surface area contributed by atoms with E-state index in [0.717, 1.165) is 6.07 Å². The minimum Gasteiger partial charge on any atom is -0.508 e. The van der Waals surface area contributed by atoms with E-state index in [-0.39, 0.29) is 33.8 Å². The standard InChI is InChI=1S/C21H20O11/c22-7-13-15(25)17(27)19(29)21(32-13)30-10-5-11(24)14-12(6-10)31-20(18(28)16(14)26)8-1-3-9(23)4-2-8/h1-6,13,15,17,19,21-25,27-29H,7H2/t13-,15+,17+,19-,21-/m1/s1. The largest absolute Gasteiger partial charge is 0.508 e. The summed E-state index contributed by atoms with van der Waals surface area (Å²) in [6.07, 6.45) is -7.67. The maximum Gasteiger partial charge on any atom is 0.238 e. The zero-order chi connectivity index (χ0) is 23.2. The van der Waals surface area contributed by atoms with Crippen LogP contribution in [0.25, 0.3) is 22.3 Å². The van der Waals surface area contributed by atoms with Crippen LogP contribution < -0.4 is 10.2 Å². The monoisotopic (exact) mass is 448 g/mol. The first kappa shape index (κ1) is 21.9. The molecule has 170 valence electrons. The molecule has 1 fully saturated rings. The number of benzene rings is 2. The SMILES string of the molecule is O=c1c(O)c(-c2ccc(O)cc2)oc2cc(O[C@@H]3O[C@H](CO)[C@H](O)[C@H](O)[C@H]3O)cc(O)c12. The van der Waals surface area contributed by atoms with Crippen molar-refractivity contribution in [2.45, 2.75) is 30.7 Å². The normalized spacial score (nSPS) is 25.7. The van der Waals surface area contributed by atoms with Crippen LogP contribution in [0.4, 0.5) is 0 Å². The van der Waals surface area contributed by atoms with Gasteiger partial charge in [0.25, 0.3) is 0 Å². The molecule has 0 amide bonds. The van der Waals surface area contributed by atoms with Crippen molar-refractivity contribution in [3.05, 3.63) is 46.6 Å². The third kappa shape index (κ3) is 3.72. The van der Waals surface area contributed by atoms with E-state index in [2.05, 4.69) is 0 Å². The molecule has 2 aromatic carbocycles. The molecule has 3 aromatic rings. The van der Waals surface area contributed by atoms with Crippen LogP contribution in [0, 0.1) is 0 Å². The van der Waals surface area contributed by atoms with Gasteiger partial charge in [0.1, 0.15) is 52.6 Å². The quantitative estimate of drug-likeness (QED) is 0.279. The summed E-state index contributed by atoms with van der Waals surface area (Å²) in [7, 11) is 0. The summed E-state index contributed by atoms with van der Waals surface area (Å²) >= 11 is 0. The number of ether oxygens (including phenoxy) is 2. The van der Waals surface area contributed by atoms with E-state index in [0.29, 0.717) is 0 Å². The lowest BCUT2D eigenvalue weighted by molar-refractivity contribution is -0.277. The number of hydrogen-bond acceptors (Lipinski definition) is 11. The van der Waals surface area contributed by atoms with Gasteiger partial charge in [0.05, 0.1) is 6.61 Å². The highest BCUT2D eigenvalue weighted by Crippen LogP contribution is 2.36. The zero-order valence-corrected chi connectivity index (χ0v) is 16.3. The number of aromatic hydroxyl groups is 3. The third-order valence-electron chi connectivity index (χ3n) is 5.15. The van der Waals surface area contributed by atoms with Crippen LogP contribution >= 0.6 is 0 Å². The number of aliphatic hydroxyl groups excluding tert-OH is 4. The molecule has 5 atom stereocenters. The molecule has 11 heteroatoms. The molecule has 7 N–H and O–H groups in total. The molecule has 1 aromatic heterocycles. The first-order valence-corrected chi connectivity index (χ1v) is 9.50. The van der Waals surface area contributed by atoms with Gasteiger partial charge in [-0.2, -0.15) is 0 Å². The van der Waals surface area contributed by atoms with Crippen LogP contribution in [0.15, 0.2) is 45.6 Å². The second-order valence-corrected chi connectivity index (χ2v) is 7.29. The maximum atomic E-state index is 12.6. The molecule has 0 bridgehead atoms. The van der Waals surface area contributed by atoms with Crippen molar-refractivity contribution in [1.82, 2.24) is 0 Å². The molecule has 11 nitrogen and oxygen atoms in total. The summed E-state index contributed by atoms with van der Waals surface area (Å²) in [6.45, 7) is -0.655. The number of phenols is 2. The second-order valence-electron chi connectivity index (χ2n) is 7.29. The number of hydrogen-bond donors (Lipinski definition) is 7. The van der Waals surface area contributed by atoms with Crippen LogP contribution in [0.1, 0.15) is 0 Å². The number of rotatable bonds is 4. The van der Waals surface area contributed by atoms with Crippen LogP contribution in [-0.2, 0) is 4.74 Å². The van der Waals surface area contributed by atoms with Crippen LogP contribution in [0.5, 0.6) is 23.0 Å². The minimum atomic E-state index is -1.69. The van der Waals surface area contributed by atoms with Gasteiger partial charge in [0.2, 0.25) is 17.5 Å². The highest BCUT2D eigenvalue weighted by molar-refractivity contribution is 5.88. The number of fused-ring (bicyclic) bond motifs is 1. The van der Waals surface area contributed by atoms with E-state index in [4.69, 9.17) is 13.9 Å². The molecular weight excluding hydrogens is 428 g/mol. The fraction of sp³-hybridized carbons (Fsp3) is 0.286. The molecule has 0 unspecified atom stereocenters. The molecule has 1 saturated heterocycles. The average Bonchev–Trinajstić information content (AvgIpc) is 2.77. The highest BCUT2D eigenvalue weighted by atomic mass is 16.7. The lowest BCUT2D eigenvalue weighted by atomic mass is 9.99. The van der Waals surface area contributed by atoms with Gasteiger partial charge in [-0.05, 0) is 24.3 Å². The Bertz CT molecular complexity index is 1190. The summed E-state index contributed by atoms with van der Waals surface area (Å²) < 4.78 is 16.3. The van der Waals surface area contributed by atoms with Gasteiger partial charge < -0.3 is 49.6 Å². The zero-order valence-electron chi connectivity index (χ0n) is 16.3. The van der Waals surface area contributed by atoms with E-state index in [9.17, 15) is 40.5 Å². The van der Waals surface area contributed by atoms with Gasteiger partial charge in [-0.25, -0.2) is 0 Å². The molecule has 2 heterocycles. The van der Waals surface area contributed by atoms with Crippen molar-refractivity contribution < 1.29 is 49.6 Å². The summed E-state index contributed by atoms with van der Waals surface area (Å²) in [5.41, 5.74) is -0.805. The van der Waals surface area contributed by atoms with Gasteiger partial charge >= 0.3 is 0 Å². The van der Waals surface area contributed by atoms with E-state index in [1.807, 2.05) is 0 Å². The molecule has 0 saturated carbocycles. The summed E-state index contributed by atoms with van der Waals surface area (Å²) in [6, 6.07) is 7.69. The number of aliphatic hydroxyl groups is 4. The predicted molar refractivity (Wildman–Crippen MR) is 107 cm³/mol. The van der Waals surface area contributed by atoms with Gasteiger partial charge in [-0.3, -0.25) is 4.79 Å². The summed E-state index contributed by atoms with van der Waals surface area (Å²) in [4.78, 5) is 12.6. The molecule has 4 rings (SSSR count). The van der Waals surface area contributed by atoms with Gasteiger partial charge in [-0.15, -0.1) is 0 Å².